The van der Waals surface area contributed by atoms with Gasteiger partial charge in [-0.2, -0.15) is 0 Å². The lowest BCUT2D eigenvalue weighted by Gasteiger charge is -2.36. The zero-order valence-corrected chi connectivity index (χ0v) is 12.1. The number of carbonyl (C=O) groups is 1. The third kappa shape index (κ3) is 3.30. The van der Waals surface area contributed by atoms with Gasteiger partial charge in [0.25, 0.3) is 11.6 Å². The van der Waals surface area contributed by atoms with Crippen molar-refractivity contribution in [2.24, 2.45) is 0 Å². The van der Waals surface area contributed by atoms with Crippen molar-refractivity contribution in [2.45, 2.75) is 24.9 Å². The second-order valence-electron chi connectivity index (χ2n) is 5.62. The van der Waals surface area contributed by atoms with E-state index in [0.29, 0.717) is 18.5 Å². The van der Waals surface area contributed by atoms with Gasteiger partial charge in [0.1, 0.15) is 5.69 Å². The van der Waals surface area contributed by atoms with Crippen LogP contribution in [0.4, 0.5) is 11.4 Å². The molecule has 1 fully saturated rings. The predicted molar refractivity (Wildman–Crippen MR) is 78.4 cm³/mol. The Hall–Kier alpha value is -2.15. The van der Waals surface area contributed by atoms with E-state index in [-0.39, 0.29) is 23.7 Å². The van der Waals surface area contributed by atoms with Gasteiger partial charge < -0.3 is 15.3 Å². The number of amides is 1. The van der Waals surface area contributed by atoms with Crippen molar-refractivity contribution in [2.75, 3.05) is 26.0 Å². The van der Waals surface area contributed by atoms with Crippen molar-refractivity contribution < 1.29 is 14.8 Å². The molecule has 1 aromatic rings. The van der Waals surface area contributed by atoms with Gasteiger partial charge in [-0.1, -0.05) is 0 Å². The van der Waals surface area contributed by atoms with Gasteiger partial charge in [-0.05, 0) is 31.4 Å². The molecular weight excluding hydrogens is 274 g/mol. The van der Waals surface area contributed by atoms with Gasteiger partial charge in [0.15, 0.2) is 0 Å². The van der Waals surface area contributed by atoms with E-state index in [9.17, 15) is 20.0 Å². The van der Waals surface area contributed by atoms with Crippen LogP contribution in [0.15, 0.2) is 18.2 Å². The molecule has 0 radical (unpaired) electrons. The predicted octanol–water partition coefficient (Wildman–Crippen LogP) is 1.62. The van der Waals surface area contributed by atoms with E-state index >= 15 is 0 Å². The highest BCUT2D eigenvalue weighted by Gasteiger charge is 2.34. The van der Waals surface area contributed by atoms with Gasteiger partial charge in [-0.15, -0.1) is 0 Å². The molecule has 0 atom stereocenters. The van der Waals surface area contributed by atoms with E-state index in [1.807, 2.05) is 0 Å². The summed E-state index contributed by atoms with van der Waals surface area (Å²) in [5.74, 6) is -0.290. The number of benzene rings is 1. The van der Waals surface area contributed by atoms with Crippen molar-refractivity contribution >= 4 is 17.3 Å². The van der Waals surface area contributed by atoms with E-state index in [0.717, 1.165) is 6.42 Å². The van der Waals surface area contributed by atoms with Crippen LogP contribution in [-0.4, -0.2) is 47.1 Å². The van der Waals surface area contributed by atoms with Crippen molar-refractivity contribution in [3.63, 3.8) is 0 Å². The average molecular weight is 293 g/mol. The van der Waals surface area contributed by atoms with Crippen molar-refractivity contribution in [3.8, 4) is 0 Å². The van der Waals surface area contributed by atoms with Crippen LogP contribution in [0.2, 0.25) is 0 Å². The normalized spacial score (nSPS) is 16.0. The molecule has 2 N–H and O–H groups in total. The lowest BCUT2D eigenvalue weighted by atomic mass is 9.80. The fourth-order valence-electron chi connectivity index (χ4n) is 2.24. The molecule has 2 rings (SSSR count). The largest absolute Gasteiger partial charge is 0.388 e. The molecule has 0 aliphatic heterocycles. The fraction of sp³-hybridized carbons (Fsp3) is 0.500. The highest BCUT2D eigenvalue weighted by molar-refractivity contribution is 5.95. The zero-order valence-electron chi connectivity index (χ0n) is 12.1. The maximum Gasteiger partial charge on any atom is 0.293 e. The van der Waals surface area contributed by atoms with Crippen molar-refractivity contribution in [3.05, 3.63) is 33.9 Å². The maximum atomic E-state index is 11.8. The number of carbonyl (C=O) groups excluding carboxylic acids is 1. The van der Waals surface area contributed by atoms with E-state index in [2.05, 4.69) is 5.32 Å². The van der Waals surface area contributed by atoms with Crippen LogP contribution in [0, 0.1) is 10.1 Å². The van der Waals surface area contributed by atoms with Crippen LogP contribution in [0.3, 0.4) is 0 Å². The topological polar surface area (TPSA) is 95.7 Å². The van der Waals surface area contributed by atoms with Gasteiger partial charge in [0.05, 0.1) is 10.5 Å². The molecule has 21 heavy (non-hydrogen) atoms. The van der Waals surface area contributed by atoms with Crippen molar-refractivity contribution in [1.82, 2.24) is 4.90 Å². The van der Waals surface area contributed by atoms with Crippen LogP contribution in [-0.2, 0) is 0 Å². The summed E-state index contributed by atoms with van der Waals surface area (Å²) in [7, 11) is 3.18. The second kappa shape index (κ2) is 5.69. The Morgan fingerprint density at radius 2 is 2.14 bits per heavy atom. The van der Waals surface area contributed by atoms with Crippen LogP contribution in [0.1, 0.15) is 29.6 Å². The quantitative estimate of drug-likeness (QED) is 0.635. The van der Waals surface area contributed by atoms with Gasteiger partial charge in [-0.3, -0.25) is 14.9 Å². The Morgan fingerprint density at radius 1 is 1.48 bits per heavy atom. The number of hydrogen-bond donors (Lipinski definition) is 2. The molecular formula is C14H19N3O4. The number of nitro benzene ring substituents is 1. The summed E-state index contributed by atoms with van der Waals surface area (Å²) in [6.45, 7) is 0.273. The number of aliphatic hydroxyl groups is 1. The third-order valence-electron chi connectivity index (χ3n) is 3.74. The minimum absolute atomic E-state index is 0.161. The van der Waals surface area contributed by atoms with Crippen LogP contribution < -0.4 is 5.32 Å². The van der Waals surface area contributed by atoms with E-state index in [4.69, 9.17) is 0 Å². The Balaban J connectivity index is 2.20. The van der Waals surface area contributed by atoms with E-state index in [1.54, 1.807) is 20.2 Å². The fourth-order valence-corrected chi connectivity index (χ4v) is 2.24. The number of anilines is 1. The molecule has 7 nitrogen and oxygen atoms in total. The highest BCUT2D eigenvalue weighted by atomic mass is 16.6. The second-order valence-corrected chi connectivity index (χ2v) is 5.62. The number of rotatable bonds is 5. The monoisotopic (exact) mass is 293 g/mol. The van der Waals surface area contributed by atoms with E-state index < -0.39 is 10.5 Å². The van der Waals surface area contributed by atoms with Gasteiger partial charge in [0.2, 0.25) is 0 Å². The zero-order chi connectivity index (χ0) is 15.6. The summed E-state index contributed by atoms with van der Waals surface area (Å²) in [5.41, 5.74) is -0.354. The maximum absolute atomic E-state index is 11.8. The SMILES string of the molecule is CN(C)C(=O)c1ccc(NCC2(O)CCC2)c([N+](=O)[O-])c1. The molecule has 1 aliphatic rings. The molecule has 0 unspecified atom stereocenters. The highest BCUT2D eigenvalue weighted by Crippen LogP contribution is 2.33. The molecule has 1 saturated carbocycles. The Labute approximate surface area is 122 Å². The van der Waals surface area contributed by atoms with Crippen LogP contribution in [0.5, 0.6) is 0 Å². The summed E-state index contributed by atoms with van der Waals surface area (Å²) in [6, 6.07) is 4.31. The lowest BCUT2D eigenvalue weighted by Crippen LogP contribution is -2.43. The average Bonchev–Trinajstić information content (AvgIpc) is 2.41. The van der Waals surface area contributed by atoms with Gasteiger partial charge in [-0.25, -0.2) is 0 Å². The molecule has 0 heterocycles. The Kier molecular flexibility index (Phi) is 4.13. The first kappa shape index (κ1) is 15.2. The summed E-state index contributed by atoms with van der Waals surface area (Å²) >= 11 is 0. The summed E-state index contributed by atoms with van der Waals surface area (Å²) < 4.78 is 0. The summed E-state index contributed by atoms with van der Waals surface area (Å²) in [6.07, 6.45) is 2.37. The molecule has 1 aliphatic carbocycles. The molecule has 0 bridgehead atoms. The standard InChI is InChI=1S/C14H19N3O4/c1-16(2)13(18)10-4-5-11(12(8-10)17(20)21)15-9-14(19)6-3-7-14/h4-5,8,15,19H,3,6-7,9H2,1-2H3. The Bertz CT molecular complexity index is 567. The van der Waals surface area contributed by atoms with Crippen molar-refractivity contribution in [1.29, 1.82) is 0 Å². The Morgan fingerprint density at radius 3 is 2.62 bits per heavy atom. The summed E-state index contributed by atoms with van der Waals surface area (Å²) in [5, 5.41) is 24.1. The lowest BCUT2D eigenvalue weighted by molar-refractivity contribution is -0.384. The first-order valence-corrected chi connectivity index (χ1v) is 6.79. The van der Waals surface area contributed by atoms with Crippen LogP contribution in [0.25, 0.3) is 0 Å². The number of nitrogens with one attached hydrogen (secondary N) is 1. The number of nitro groups is 1. The van der Waals surface area contributed by atoms with Gasteiger partial charge >= 0.3 is 0 Å². The first-order chi connectivity index (χ1) is 9.82. The van der Waals surface area contributed by atoms with Gasteiger partial charge in [0, 0.05) is 32.3 Å². The summed E-state index contributed by atoms with van der Waals surface area (Å²) in [4.78, 5) is 23.8. The molecule has 0 saturated heterocycles. The molecule has 1 aromatic carbocycles. The molecule has 0 aromatic heterocycles. The number of hydrogen-bond acceptors (Lipinski definition) is 5. The smallest absolute Gasteiger partial charge is 0.293 e. The molecule has 114 valence electrons. The molecule has 7 heteroatoms. The molecule has 1 amide bonds. The van der Waals surface area contributed by atoms with Crippen LogP contribution >= 0.6 is 0 Å². The minimum Gasteiger partial charge on any atom is -0.388 e. The first-order valence-electron chi connectivity index (χ1n) is 6.79. The third-order valence-corrected chi connectivity index (χ3v) is 3.74. The number of nitrogens with zero attached hydrogens (tertiary/aromatic N) is 2. The molecule has 0 spiro atoms. The minimum atomic E-state index is -0.772. The van der Waals surface area contributed by atoms with E-state index in [1.165, 1.54) is 17.0 Å².